The zero-order valence-electron chi connectivity index (χ0n) is 14.1. The van der Waals surface area contributed by atoms with Gasteiger partial charge in [0.15, 0.2) is 9.84 Å². The van der Waals surface area contributed by atoms with Crippen LogP contribution in [0, 0.1) is 5.41 Å². The molecule has 1 aromatic carbocycles. The quantitative estimate of drug-likeness (QED) is 0.668. The van der Waals surface area contributed by atoms with Crippen molar-refractivity contribution in [2.24, 2.45) is 5.41 Å². The molecule has 0 atom stereocenters. The molecule has 0 saturated heterocycles. The summed E-state index contributed by atoms with van der Waals surface area (Å²) >= 11 is 3.29. The maximum Gasteiger partial charge on any atom is 0.313 e. The Bertz CT molecular complexity index is 741. The molecule has 0 bridgehead atoms. The third-order valence-electron chi connectivity index (χ3n) is 4.43. The third-order valence-corrected chi connectivity index (χ3v) is 6.40. The van der Waals surface area contributed by atoms with E-state index in [0.29, 0.717) is 18.4 Å². The van der Waals surface area contributed by atoms with Gasteiger partial charge in [-0.25, -0.2) is 8.42 Å². The first-order valence-electron chi connectivity index (χ1n) is 8.06. The molecule has 1 N–H and O–H groups in total. The Morgan fingerprint density at radius 1 is 1.28 bits per heavy atom. The number of hydrogen-bond acceptors (Lipinski definition) is 5. The first kappa shape index (κ1) is 19.9. The number of hydrogen-bond donors (Lipinski definition) is 1. The van der Waals surface area contributed by atoms with Gasteiger partial charge in [0.1, 0.15) is 5.75 Å². The SMILES string of the molecule is COC(=O)C1(CNC(=O)CS(=O)(=O)Cc2cccc(Br)c2)CCCC1. The summed E-state index contributed by atoms with van der Waals surface area (Å²) in [6, 6.07) is 6.96. The van der Waals surface area contributed by atoms with Crippen molar-refractivity contribution in [2.45, 2.75) is 31.4 Å². The number of amides is 1. The lowest BCUT2D eigenvalue weighted by atomic mass is 9.86. The second-order valence-corrected chi connectivity index (χ2v) is 9.40. The number of sulfone groups is 1. The van der Waals surface area contributed by atoms with Crippen molar-refractivity contribution in [3.05, 3.63) is 34.3 Å². The van der Waals surface area contributed by atoms with Crippen molar-refractivity contribution in [2.75, 3.05) is 19.4 Å². The van der Waals surface area contributed by atoms with Crippen LogP contribution >= 0.6 is 15.9 Å². The molecule has 8 heteroatoms. The number of rotatable bonds is 7. The molecule has 0 radical (unpaired) electrons. The highest BCUT2D eigenvalue weighted by Gasteiger charge is 2.42. The number of ether oxygens (including phenoxy) is 1. The fraction of sp³-hybridized carbons (Fsp3) is 0.529. The molecule has 0 spiro atoms. The predicted octanol–water partition coefficient (Wildman–Crippen LogP) is 2.21. The summed E-state index contributed by atoms with van der Waals surface area (Å²) < 4.78 is 30.1. The molecule has 0 aliphatic heterocycles. The molecule has 1 saturated carbocycles. The molecule has 138 valence electrons. The van der Waals surface area contributed by atoms with Gasteiger partial charge in [0.2, 0.25) is 5.91 Å². The Balaban J connectivity index is 1.93. The van der Waals surface area contributed by atoms with E-state index in [2.05, 4.69) is 21.2 Å². The zero-order chi connectivity index (χ0) is 18.5. The highest BCUT2D eigenvalue weighted by molar-refractivity contribution is 9.10. The van der Waals surface area contributed by atoms with Crippen LogP contribution in [0.25, 0.3) is 0 Å². The van der Waals surface area contributed by atoms with E-state index in [1.165, 1.54) is 7.11 Å². The summed E-state index contributed by atoms with van der Waals surface area (Å²) in [6.07, 6.45) is 3.08. The monoisotopic (exact) mass is 431 g/mol. The first-order valence-corrected chi connectivity index (χ1v) is 10.7. The molecule has 0 heterocycles. The number of methoxy groups -OCH3 is 1. The average molecular weight is 432 g/mol. The minimum atomic E-state index is -3.59. The standard InChI is InChI=1S/C17H22BrNO5S/c1-24-16(21)17(7-2-3-8-17)12-19-15(20)11-25(22,23)10-13-5-4-6-14(18)9-13/h4-6,9H,2-3,7-8,10-12H2,1H3,(H,19,20). The van der Waals surface area contributed by atoms with Gasteiger partial charge in [-0.15, -0.1) is 0 Å². The molecule has 2 rings (SSSR count). The molecule has 6 nitrogen and oxygen atoms in total. The average Bonchev–Trinajstić information content (AvgIpc) is 3.01. The smallest absolute Gasteiger partial charge is 0.313 e. The van der Waals surface area contributed by atoms with Gasteiger partial charge < -0.3 is 10.1 Å². The summed E-state index contributed by atoms with van der Waals surface area (Å²) in [6.45, 7) is 0.116. The lowest BCUT2D eigenvalue weighted by Gasteiger charge is -2.25. The van der Waals surface area contributed by atoms with Gasteiger partial charge in [-0.2, -0.15) is 0 Å². The predicted molar refractivity (Wildman–Crippen MR) is 97.6 cm³/mol. The Labute approximate surface area is 156 Å². The van der Waals surface area contributed by atoms with Gasteiger partial charge >= 0.3 is 5.97 Å². The normalized spacial score (nSPS) is 16.4. The van der Waals surface area contributed by atoms with E-state index in [-0.39, 0.29) is 18.3 Å². The van der Waals surface area contributed by atoms with E-state index >= 15 is 0 Å². The van der Waals surface area contributed by atoms with Crippen LogP contribution in [-0.2, 0) is 29.9 Å². The van der Waals surface area contributed by atoms with Crippen LogP contribution < -0.4 is 5.32 Å². The van der Waals surface area contributed by atoms with Gasteiger partial charge in [-0.05, 0) is 30.5 Å². The first-order chi connectivity index (χ1) is 11.8. The number of nitrogens with one attached hydrogen (secondary N) is 1. The van der Waals surface area contributed by atoms with Crippen LogP contribution in [-0.4, -0.2) is 39.7 Å². The highest BCUT2D eigenvalue weighted by Crippen LogP contribution is 2.38. The molecular weight excluding hydrogens is 410 g/mol. The van der Waals surface area contributed by atoms with Crippen molar-refractivity contribution in [1.82, 2.24) is 5.32 Å². The fourth-order valence-electron chi connectivity index (χ4n) is 3.17. The molecular formula is C17H22BrNO5S. The fourth-order valence-corrected chi connectivity index (χ4v) is 4.91. The topological polar surface area (TPSA) is 89.5 Å². The largest absolute Gasteiger partial charge is 0.469 e. The Morgan fingerprint density at radius 3 is 2.56 bits per heavy atom. The molecule has 1 fully saturated rings. The number of carbonyl (C=O) groups excluding carboxylic acids is 2. The maximum absolute atomic E-state index is 12.2. The van der Waals surface area contributed by atoms with Crippen molar-refractivity contribution < 1.29 is 22.7 Å². The van der Waals surface area contributed by atoms with Crippen LogP contribution in [0.5, 0.6) is 0 Å². The van der Waals surface area contributed by atoms with E-state index in [4.69, 9.17) is 4.74 Å². The van der Waals surface area contributed by atoms with Gasteiger partial charge in [-0.3, -0.25) is 9.59 Å². The molecule has 1 aliphatic carbocycles. The van der Waals surface area contributed by atoms with Crippen LogP contribution in [0.15, 0.2) is 28.7 Å². The Kier molecular flexibility index (Phi) is 6.62. The third kappa shape index (κ3) is 5.54. The summed E-state index contributed by atoms with van der Waals surface area (Å²) in [5.41, 5.74) is -0.109. The van der Waals surface area contributed by atoms with E-state index in [1.807, 2.05) is 0 Å². The molecule has 1 aliphatic rings. The Morgan fingerprint density at radius 2 is 1.96 bits per heavy atom. The summed E-state index contributed by atoms with van der Waals surface area (Å²) in [7, 11) is -2.26. The van der Waals surface area contributed by atoms with Gasteiger partial charge in [0.25, 0.3) is 0 Å². The number of carbonyl (C=O) groups is 2. The number of benzene rings is 1. The summed E-state index contributed by atoms with van der Waals surface area (Å²) in [5, 5.41) is 2.61. The van der Waals surface area contributed by atoms with Gasteiger partial charge in [0, 0.05) is 11.0 Å². The van der Waals surface area contributed by atoms with E-state index in [1.54, 1.807) is 24.3 Å². The van der Waals surface area contributed by atoms with E-state index in [0.717, 1.165) is 17.3 Å². The van der Waals surface area contributed by atoms with Crippen molar-refractivity contribution >= 4 is 37.6 Å². The summed E-state index contributed by atoms with van der Waals surface area (Å²) in [5.74, 6) is -1.74. The zero-order valence-corrected chi connectivity index (χ0v) is 16.5. The highest BCUT2D eigenvalue weighted by atomic mass is 79.9. The number of esters is 1. The lowest BCUT2D eigenvalue weighted by Crippen LogP contribution is -2.43. The minimum Gasteiger partial charge on any atom is -0.469 e. The van der Waals surface area contributed by atoms with Crippen LogP contribution in [0.3, 0.4) is 0 Å². The van der Waals surface area contributed by atoms with Gasteiger partial charge in [-0.1, -0.05) is 40.9 Å². The maximum atomic E-state index is 12.2. The van der Waals surface area contributed by atoms with Crippen molar-refractivity contribution in [3.8, 4) is 0 Å². The lowest BCUT2D eigenvalue weighted by molar-refractivity contribution is -0.152. The van der Waals surface area contributed by atoms with E-state index < -0.39 is 26.9 Å². The molecule has 1 aromatic rings. The van der Waals surface area contributed by atoms with Crippen molar-refractivity contribution in [3.63, 3.8) is 0 Å². The number of halogens is 1. The summed E-state index contributed by atoms with van der Waals surface area (Å²) in [4.78, 5) is 24.1. The minimum absolute atomic E-state index is 0.116. The van der Waals surface area contributed by atoms with Crippen LogP contribution in [0.2, 0.25) is 0 Å². The van der Waals surface area contributed by atoms with Crippen LogP contribution in [0.4, 0.5) is 0 Å². The Hall–Kier alpha value is -1.41. The molecule has 0 unspecified atom stereocenters. The van der Waals surface area contributed by atoms with Gasteiger partial charge in [0.05, 0.1) is 18.3 Å². The van der Waals surface area contributed by atoms with Crippen molar-refractivity contribution in [1.29, 1.82) is 0 Å². The second kappa shape index (κ2) is 8.31. The molecule has 1 amide bonds. The second-order valence-electron chi connectivity index (χ2n) is 6.42. The molecule has 0 aromatic heterocycles. The van der Waals surface area contributed by atoms with E-state index in [9.17, 15) is 18.0 Å². The molecule has 25 heavy (non-hydrogen) atoms. The van der Waals surface area contributed by atoms with Crippen LogP contribution in [0.1, 0.15) is 31.2 Å².